The summed E-state index contributed by atoms with van der Waals surface area (Å²) >= 11 is 0. The van der Waals surface area contributed by atoms with Crippen molar-refractivity contribution in [2.24, 2.45) is 5.92 Å². The third-order valence-electron chi connectivity index (χ3n) is 4.02. The maximum absolute atomic E-state index is 13.5. The van der Waals surface area contributed by atoms with E-state index in [1.807, 2.05) is 10.7 Å². The molecule has 0 spiro atoms. The number of fused-ring (bicyclic) bond motifs is 1. The summed E-state index contributed by atoms with van der Waals surface area (Å²) in [5.74, 6) is 1.55. The van der Waals surface area contributed by atoms with Crippen LogP contribution in [0, 0.1) is 11.7 Å². The fourth-order valence-electron chi connectivity index (χ4n) is 2.85. The monoisotopic (exact) mass is 287 g/mol. The average molecular weight is 287 g/mol. The summed E-state index contributed by atoms with van der Waals surface area (Å²) in [5, 5.41) is 8.13. The van der Waals surface area contributed by atoms with Gasteiger partial charge in [-0.15, -0.1) is 0 Å². The molecule has 1 atom stereocenters. The van der Waals surface area contributed by atoms with E-state index in [0.717, 1.165) is 42.9 Å². The van der Waals surface area contributed by atoms with E-state index in [2.05, 4.69) is 25.2 Å². The zero-order chi connectivity index (χ0) is 14.8. The van der Waals surface area contributed by atoms with Gasteiger partial charge in [0, 0.05) is 12.6 Å². The zero-order valence-corrected chi connectivity index (χ0v) is 12.6. The molecule has 0 bridgehead atoms. The lowest BCUT2D eigenvalue weighted by molar-refractivity contribution is 0.472. The van der Waals surface area contributed by atoms with E-state index in [1.165, 1.54) is 6.07 Å². The normalized spacial score (nSPS) is 17.6. The molecule has 0 saturated heterocycles. The van der Waals surface area contributed by atoms with E-state index in [9.17, 15) is 4.39 Å². The van der Waals surface area contributed by atoms with Crippen LogP contribution >= 0.6 is 0 Å². The molecule has 0 saturated carbocycles. The van der Waals surface area contributed by atoms with Crippen molar-refractivity contribution >= 4 is 5.82 Å². The molecule has 4 heteroatoms. The average Bonchev–Trinajstić information content (AvgIpc) is 2.88. The van der Waals surface area contributed by atoms with Gasteiger partial charge in [-0.1, -0.05) is 26.0 Å². The van der Waals surface area contributed by atoms with E-state index < -0.39 is 0 Å². The first-order valence-electron chi connectivity index (χ1n) is 7.71. The van der Waals surface area contributed by atoms with Gasteiger partial charge in [0.25, 0.3) is 0 Å². The van der Waals surface area contributed by atoms with Crippen molar-refractivity contribution in [1.82, 2.24) is 9.78 Å². The van der Waals surface area contributed by atoms with Crippen molar-refractivity contribution in [3.63, 3.8) is 0 Å². The van der Waals surface area contributed by atoms with Crippen molar-refractivity contribution < 1.29 is 4.39 Å². The first-order valence-corrected chi connectivity index (χ1v) is 7.71. The van der Waals surface area contributed by atoms with E-state index in [0.29, 0.717) is 5.92 Å². The summed E-state index contributed by atoms with van der Waals surface area (Å²) in [7, 11) is 0. The molecule has 1 unspecified atom stereocenters. The Morgan fingerprint density at radius 1 is 1.38 bits per heavy atom. The van der Waals surface area contributed by atoms with Crippen molar-refractivity contribution in [2.75, 3.05) is 11.9 Å². The topological polar surface area (TPSA) is 29.9 Å². The Morgan fingerprint density at radius 3 is 3.00 bits per heavy atom. The van der Waals surface area contributed by atoms with Crippen LogP contribution in [0.2, 0.25) is 0 Å². The Morgan fingerprint density at radius 2 is 2.24 bits per heavy atom. The minimum Gasteiger partial charge on any atom is -0.370 e. The summed E-state index contributed by atoms with van der Waals surface area (Å²) < 4.78 is 15.5. The zero-order valence-electron chi connectivity index (χ0n) is 12.6. The number of halogens is 1. The quantitative estimate of drug-likeness (QED) is 0.920. The van der Waals surface area contributed by atoms with Gasteiger partial charge in [-0.2, -0.15) is 5.10 Å². The number of nitrogens with one attached hydrogen (secondary N) is 1. The van der Waals surface area contributed by atoms with Crippen LogP contribution in [0.25, 0.3) is 0 Å². The fourth-order valence-corrected chi connectivity index (χ4v) is 2.85. The molecule has 0 amide bonds. The summed E-state index contributed by atoms with van der Waals surface area (Å²) in [5.41, 5.74) is 2.12. The molecule has 21 heavy (non-hydrogen) atoms. The van der Waals surface area contributed by atoms with Gasteiger partial charge in [0.15, 0.2) is 0 Å². The predicted octanol–water partition coefficient (Wildman–Crippen LogP) is 4.02. The highest BCUT2D eigenvalue weighted by atomic mass is 19.1. The highest BCUT2D eigenvalue weighted by Gasteiger charge is 2.23. The second kappa shape index (κ2) is 5.88. The number of benzene rings is 1. The fraction of sp³-hybridized carbons (Fsp3) is 0.471. The molecule has 1 aliphatic rings. The van der Waals surface area contributed by atoms with Gasteiger partial charge < -0.3 is 5.32 Å². The highest BCUT2D eigenvalue weighted by Crippen LogP contribution is 2.30. The van der Waals surface area contributed by atoms with Gasteiger partial charge in [-0.3, -0.25) is 0 Å². The number of hydrogen-bond acceptors (Lipinski definition) is 2. The minimum atomic E-state index is -0.181. The molecule has 0 radical (unpaired) electrons. The van der Waals surface area contributed by atoms with Gasteiger partial charge in [0.1, 0.15) is 11.6 Å². The number of hydrogen-bond donors (Lipinski definition) is 1. The van der Waals surface area contributed by atoms with Crippen LogP contribution in [0.4, 0.5) is 10.2 Å². The Kier molecular flexibility index (Phi) is 3.95. The van der Waals surface area contributed by atoms with Gasteiger partial charge >= 0.3 is 0 Å². The predicted molar refractivity (Wildman–Crippen MR) is 83.0 cm³/mol. The van der Waals surface area contributed by atoms with Crippen molar-refractivity contribution in [3.8, 4) is 0 Å². The summed E-state index contributed by atoms with van der Waals surface area (Å²) in [6, 6.07) is 9.13. The van der Waals surface area contributed by atoms with Crippen LogP contribution in [0.1, 0.15) is 44.0 Å². The van der Waals surface area contributed by atoms with Crippen LogP contribution in [0.3, 0.4) is 0 Å². The second-order valence-electron chi connectivity index (χ2n) is 6.18. The van der Waals surface area contributed by atoms with Crippen LogP contribution < -0.4 is 5.32 Å². The van der Waals surface area contributed by atoms with Gasteiger partial charge in [-0.25, -0.2) is 9.07 Å². The Hall–Kier alpha value is -1.84. The molecule has 0 aliphatic carbocycles. The van der Waals surface area contributed by atoms with E-state index in [-0.39, 0.29) is 11.9 Å². The van der Waals surface area contributed by atoms with E-state index in [1.54, 1.807) is 12.1 Å². The second-order valence-corrected chi connectivity index (χ2v) is 6.18. The number of aryl methyl sites for hydroxylation is 1. The lowest BCUT2D eigenvalue weighted by Crippen LogP contribution is -2.24. The molecule has 3 nitrogen and oxygen atoms in total. The lowest BCUT2D eigenvalue weighted by Gasteiger charge is -2.26. The molecule has 2 aromatic rings. The van der Waals surface area contributed by atoms with Gasteiger partial charge in [0.2, 0.25) is 0 Å². The molecule has 1 aliphatic heterocycles. The van der Waals surface area contributed by atoms with Gasteiger partial charge in [-0.05, 0) is 42.9 Å². The molecule has 2 heterocycles. The molecule has 0 fully saturated rings. The van der Waals surface area contributed by atoms with Gasteiger partial charge in [0.05, 0.1) is 11.7 Å². The first kappa shape index (κ1) is 14.1. The number of anilines is 1. The maximum atomic E-state index is 13.5. The van der Waals surface area contributed by atoms with Crippen molar-refractivity contribution in [1.29, 1.82) is 0 Å². The molecular formula is C17H22FN3. The van der Waals surface area contributed by atoms with E-state index >= 15 is 0 Å². The highest BCUT2D eigenvalue weighted by molar-refractivity contribution is 5.41. The molecule has 3 rings (SSSR count). The van der Waals surface area contributed by atoms with Crippen LogP contribution in [0.15, 0.2) is 30.3 Å². The smallest absolute Gasteiger partial charge is 0.125 e. The molecule has 1 aromatic heterocycles. The van der Waals surface area contributed by atoms with Crippen molar-refractivity contribution in [2.45, 2.75) is 39.2 Å². The van der Waals surface area contributed by atoms with E-state index in [4.69, 9.17) is 5.10 Å². The largest absolute Gasteiger partial charge is 0.370 e. The number of nitrogens with zero attached hydrogens (tertiary/aromatic N) is 2. The molecule has 1 aromatic carbocycles. The summed E-state index contributed by atoms with van der Waals surface area (Å²) in [6.07, 6.45) is 3.07. The number of rotatable bonds is 4. The maximum Gasteiger partial charge on any atom is 0.125 e. The molecule has 1 N–H and O–H groups in total. The first-order chi connectivity index (χ1) is 10.1. The third kappa shape index (κ3) is 3.09. The van der Waals surface area contributed by atoms with Crippen LogP contribution in [-0.2, 0) is 6.42 Å². The SMILES string of the molecule is CC(C)CCc1cc2n(n1)C(c1cccc(F)c1)CCN2. The third-order valence-corrected chi connectivity index (χ3v) is 4.02. The standard InChI is InChI=1S/C17H22FN3/c1-12(2)6-7-15-11-17-19-9-8-16(21(17)20-15)13-4-3-5-14(18)10-13/h3-5,10-12,16,19H,6-9H2,1-2H3. The number of aromatic nitrogens is 2. The molecular weight excluding hydrogens is 265 g/mol. The Balaban J connectivity index is 1.87. The lowest BCUT2D eigenvalue weighted by atomic mass is 10.0. The van der Waals surface area contributed by atoms with Crippen molar-refractivity contribution in [3.05, 3.63) is 47.4 Å². The molecule has 112 valence electrons. The minimum absolute atomic E-state index is 0.129. The summed E-state index contributed by atoms with van der Waals surface area (Å²) in [6.45, 7) is 5.35. The summed E-state index contributed by atoms with van der Waals surface area (Å²) in [4.78, 5) is 0. The Labute approximate surface area is 125 Å². The van der Waals surface area contributed by atoms with Crippen LogP contribution in [0.5, 0.6) is 0 Å². The van der Waals surface area contributed by atoms with Crippen LogP contribution in [-0.4, -0.2) is 16.3 Å². The Bertz CT molecular complexity index is 618.